The van der Waals surface area contributed by atoms with Gasteiger partial charge >= 0.3 is 0 Å². The van der Waals surface area contributed by atoms with Crippen molar-refractivity contribution in [2.45, 2.75) is 38.6 Å². The molecule has 0 bridgehead atoms. The molecule has 0 aliphatic carbocycles. The lowest BCUT2D eigenvalue weighted by atomic mass is 10.1. The molecular weight excluding hydrogens is 318 g/mol. The fourth-order valence-corrected chi connectivity index (χ4v) is 2.88. The van der Waals surface area contributed by atoms with E-state index in [1.165, 1.54) is 0 Å². The van der Waals surface area contributed by atoms with Crippen LogP contribution in [-0.2, 0) is 4.74 Å². The summed E-state index contributed by atoms with van der Waals surface area (Å²) in [5.41, 5.74) is 1.53. The predicted molar refractivity (Wildman–Crippen MR) is 101 cm³/mol. The Morgan fingerprint density at radius 2 is 2.16 bits per heavy atom. The zero-order valence-electron chi connectivity index (χ0n) is 15.1. The third kappa shape index (κ3) is 6.16. The Bertz CT molecular complexity index is 562. The van der Waals surface area contributed by atoms with Gasteiger partial charge in [-0.15, -0.1) is 0 Å². The lowest BCUT2D eigenvalue weighted by Gasteiger charge is -2.32. The molecule has 0 saturated carbocycles. The second-order valence-corrected chi connectivity index (χ2v) is 6.08. The van der Waals surface area contributed by atoms with Crippen LogP contribution < -0.4 is 10.2 Å². The third-order valence-corrected chi connectivity index (χ3v) is 4.31. The van der Waals surface area contributed by atoms with E-state index in [1.807, 2.05) is 38.4 Å². The van der Waals surface area contributed by atoms with E-state index in [9.17, 15) is 10.2 Å². The molecule has 6 heteroatoms. The van der Waals surface area contributed by atoms with Gasteiger partial charge in [0.1, 0.15) is 5.82 Å². The summed E-state index contributed by atoms with van der Waals surface area (Å²) in [5, 5.41) is 21.6. The molecule has 0 spiro atoms. The van der Waals surface area contributed by atoms with Crippen molar-refractivity contribution in [2.24, 2.45) is 0 Å². The number of hydrogen-bond acceptors (Lipinski definition) is 6. The molecule has 1 aliphatic rings. The summed E-state index contributed by atoms with van der Waals surface area (Å²) in [7, 11) is 1.89. The Kier molecular flexibility index (Phi) is 7.91. The predicted octanol–water partition coefficient (Wildman–Crippen LogP) is 2.31. The van der Waals surface area contributed by atoms with E-state index in [4.69, 9.17) is 4.74 Å². The van der Waals surface area contributed by atoms with Gasteiger partial charge in [-0.2, -0.15) is 0 Å². The van der Waals surface area contributed by atoms with E-state index in [-0.39, 0.29) is 6.10 Å². The van der Waals surface area contributed by atoms with Gasteiger partial charge < -0.3 is 25.2 Å². The Hall–Kier alpha value is -1.89. The minimum Gasteiger partial charge on any atom is -0.387 e. The third-order valence-electron chi connectivity index (χ3n) is 4.31. The van der Waals surface area contributed by atoms with Crippen molar-refractivity contribution in [3.05, 3.63) is 42.1 Å². The molecule has 0 aromatic carbocycles. The zero-order chi connectivity index (χ0) is 18.1. The normalized spacial score (nSPS) is 16.8. The monoisotopic (exact) mass is 347 g/mol. The molecule has 25 heavy (non-hydrogen) atoms. The van der Waals surface area contributed by atoms with Gasteiger partial charge in [0.2, 0.25) is 0 Å². The van der Waals surface area contributed by atoms with Crippen LogP contribution in [-0.4, -0.2) is 54.3 Å². The number of nitrogens with one attached hydrogen (secondary N) is 1. The minimum absolute atomic E-state index is 0.255. The average molecular weight is 347 g/mol. The molecule has 2 rings (SSSR count). The summed E-state index contributed by atoms with van der Waals surface area (Å²) in [6, 6.07) is 4.08. The smallest absolute Gasteiger partial charge is 0.178 e. The lowest BCUT2D eigenvalue weighted by molar-refractivity contribution is -0.00547. The molecule has 0 unspecified atom stereocenters. The Morgan fingerprint density at radius 1 is 1.40 bits per heavy atom. The highest BCUT2D eigenvalue weighted by Crippen LogP contribution is 2.21. The maximum atomic E-state index is 9.24. The van der Waals surface area contributed by atoms with Gasteiger partial charge in [-0.1, -0.05) is 18.2 Å². The molecule has 138 valence electrons. The van der Waals surface area contributed by atoms with Crippen LogP contribution in [0.4, 0.5) is 11.5 Å². The van der Waals surface area contributed by atoms with Gasteiger partial charge in [-0.3, -0.25) is 0 Å². The molecule has 1 fully saturated rings. The fourth-order valence-electron chi connectivity index (χ4n) is 2.88. The van der Waals surface area contributed by atoms with Crippen molar-refractivity contribution < 1.29 is 14.9 Å². The largest absolute Gasteiger partial charge is 0.387 e. The number of ether oxygens (including phenoxy) is 1. The highest BCUT2D eigenvalue weighted by molar-refractivity contribution is 5.48. The maximum absolute atomic E-state index is 9.24. The van der Waals surface area contributed by atoms with E-state index in [0.29, 0.717) is 18.6 Å². The summed E-state index contributed by atoms with van der Waals surface area (Å²) >= 11 is 0. The van der Waals surface area contributed by atoms with Crippen molar-refractivity contribution in [1.82, 2.24) is 4.98 Å². The van der Waals surface area contributed by atoms with E-state index < -0.39 is 6.29 Å². The van der Waals surface area contributed by atoms with Crippen LogP contribution in [0.5, 0.6) is 0 Å². The molecule has 0 amide bonds. The van der Waals surface area contributed by atoms with Crippen molar-refractivity contribution >= 4 is 11.5 Å². The quantitative estimate of drug-likeness (QED) is 0.381. The van der Waals surface area contributed by atoms with Gasteiger partial charge in [0.05, 0.1) is 24.6 Å². The van der Waals surface area contributed by atoms with Crippen LogP contribution in [0.15, 0.2) is 42.1 Å². The summed E-state index contributed by atoms with van der Waals surface area (Å²) < 4.78 is 5.92. The van der Waals surface area contributed by atoms with Gasteiger partial charge in [-0.25, -0.2) is 4.98 Å². The highest BCUT2D eigenvalue weighted by atomic mass is 16.5. The first-order valence-electron chi connectivity index (χ1n) is 8.83. The number of rotatable bonds is 8. The van der Waals surface area contributed by atoms with Crippen molar-refractivity contribution in [2.75, 3.05) is 37.0 Å². The van der Waals surface area contributed by atoms with Crippen LogP contribution in [0.3, 0.4) is 0 Å². The molecule has 1 aliphatic heterocycles. The van der Waals surface area contributed by atoms with Gasteiger partial charge in [0.15, 0.2) is 6.29 Å². The molecule has 1 saturated heterocycles. The summed E-state index contributed by atoms with van der Waals surface area (Å²) in [5.74, 6) is 1.01. The topological polar surface area (TPSA) is 77.9 Å². The van der Waals surface area contributed by atoms with Crippen molar-refractivity contribution in [3.63, 3.8) is 0 Å². The van der Waals surface area contributed by atoms with Crippen LogP contribution in [0.25, 0.3) is 0 Å². The Balaban J connectivity index is 1.72. The molecule has 1 aromatic rings. The molecule has 2 heterocycles. The summed E-state index contributed by atoms with van der Waals surface area (Å²) in [4.78, 5) is 6.77. The molecule has 1 aromatic heterocycles. The number of allylic oxidation sites excluding steroid dienone is 1. The number of pyridine rings is 1. The van der Waals surface area contributed by atoms with E-state index >= 15 is 0 Å². The number of anilines is 2. The molecular formula is C19H29N3O3. The zero-order valence-corrected chi connectivity index (χ0v) is 15.1. The fraction of sp³-hybridized carbons (Fsp3) is 0.526. The van der Waals surface area contributed by atoms with Crippen LogP contribution in [0, 0.1) is 0 Å². The Labute approximate surface area is 149 Å². The summed E-state index contributed by atoms with van der Waals surface area (Å²) in [6.07, 6.45) is 8.60. The number of aliphatic hydroxyl groups excluding tert-OH is 1. The van der Waals surface area contributed by atoms with E-state index in [1.54, 1.807) is 12.2 Å². The standard InChI is InChI=1S/C19H29N3O3/c1-3-5-15(19(23)24)6-4-13-25-17-9-11-22(12-10-17)18-8-7-16(20-2)14-21-18/h3,5-8,14,17,19-20,23-24H,4,9-13H2,1-2H3/b5-3-,15-6+. The lowest BCUT2D eigenvalue weighted by Crippen LogP contribution is -2.37. The first-order chi connectivity index (χ1) is 12.1. The maximum Gasteiger partial charge on any atom is 0.178 e. The number of piperidine rings is 1. The molecule has 0 radical (unpaired) electrons. The van der Waals surface area contributed by atoms with Crippen LogP contribution in [0.2, 0.25) is 0 Å². The number of nitrogens with zero attached hydrogens (tertiary/aromatic N) is 2. The molecule has 6 nitrogen and oxygen atoms in total. The minimum atomic E-state index is -1.43. The highest BCUT2D eigenvalue weighted by Gasteiger charge is 2.20. The van der Waals surface area contributed by atoms with Crippen LogP contribution >= 0.6 is 0 Å². The first-order valence-corrected chi connectivity index (χ1v) is 8.83. The second-order valence-electron chi connectivity index (χ2n) is 6.08. The Morgan fingerprint density at radius 3 is 2.72 bits per heavy atom. The van der Waals surface area contributed by atoms with Gasteiger partial charge in [-0.05, 0) is 38.3 Å². The number of aliphatic hydroxyl groups is 2. The van der Waals surface area contributed by atoms with Crippen LogP contribution in [0.1, 0.15) is 26.2 Å². The number of hydrogen-bond donors (Lipinski definition) is 3. The summed E-state index contributed by atoms with van der Waals surface area (Å²) in [6.45, 7) is 4.31. The average Bonchev–Trinajstić information content (AvgIpc) is 2.64. The SMILES string of the molecule is C/C=C\C(=C/CCOC1CCN(c2ccc(NC)cn2)CC1)C(O)O. The van der Waals surface area contributed by atoms with Gasteiger partial charge in [0, 0.05) is 25.7 Å². The second kappa shape index (κ2) is 10.2. The number of aromatic nitrogens is 1. The van der Waals surface area contributed by atoms with E-state index in [0.717, 1.165) is 37.4 Å². The molecule has 0 atom stereocenters. The first kappa shape index (κ1) is 19.4. The van der Waals surface area contributed by atoms with Crippen molar-refractivity contribution in [1.29, 1.82) is 0 Å². The van der Waals surface area contributed by atoms with Gasteiger partial charge in [0.25, 0.3) is 0 Å². The molecule has 3 N–H and O–H groups in total. The van der Waals surface area contributed by atoms with E-state index in [2.05, 4.69) is 15.2 Å². The van der Waals surface area contributed by atoms with Crippen molar-refractivity contribution in [3.8, 4) is 0 Å².